The molecule has 1 aliphatic rings. The molecule has 0 amide bonds. The van der Waals surface area contributed by atoms with Crippen molar-refractivity contribution in [3.05, 3.63) is 11.3 Å². The van der Waals surface area contributed by atoms with E-state index in [1.165, 1.54) is 7.11 Å². The van der Waals surface area contributed by atoms with Crippen LogP contribution in [0.15, 0.2) is 11.3 Å². The molecule has 0 aromatic rings. The number of hydrogen-bond donors (Lipinski definition) is 0. The van der Waals surface area contributed by atoms with Gasteiger partial charge in [-0.1, -0.05) is 22.6 Å². The fraction of sp³-hybridized carbons (Fsp3) is 0.700. The number of halogens is 1. The third kappa shape index (κ3) is 2.21. The van der Waals surface area contributed by atoms with Crippen LogP contribution in [-0.4, -0.2) is 22.6 Å². The summed E-state index contributed by atoms with van der Waals surface area (Å²) in [6, 6.07) is 0. The Bertz CT molecular complexity index is 281. The molecule has 1 heterocycles. The molecular formula is C10H15IO3. The molecule has 0 N–H and O–H groups in total. The number of hydrogen-bond acceptors (Lipinski definition) is 3. The summed E-state index contributed by atoms with van der Waals surface area (Å²) in [5.41, 5.74) is 0.452. The van der Waals surface area contributed by atoms with Crippen molar-refractivity contribution in [2.75, 3.05) is 7.11 Å². The minimum atomic E-state index is -0.278. The highest BCUT2D eigenvalue weighted by molar-refractivity contribution is 14.1. The highest BCUT2D eigenvalue weighted by Crippen LogP contribution is 2.36. The number of methoxy groups -OCH3 is 1. The molecule has 1 atom stereocenters. The van der Waals surface area contributed by atoms with Crippen molar-refractivity contribution in [3.63, 3.8) is 0 Å². The lowest BCUT2D eigenvalue weighted by Crippen LogP contribution is -2.39. The molecule has 0 fully saturated rings. The summed E-state index contributed by atoms with van der Waals surface area (Å²) >= 11 is 2.31. The molecule has 0 spiro atoms. The minimum absolute atomic E-state index is 0.206. The molecule has 80 valence electrons. The molecule has 1 aliphatic heterocycles. The van der Waals surface area contributed by atoms with Crippen LogP contribution < -0.4 is 0 Å². The number of carbonyl (C=O) groups is 1. The van der Waals surface area contributed by atoms with Gasteiger partial charge in [-0.3, -0.25) is 0 Å². The minimum Gasteiger partial charge on any atom is -0.491 e. The lowest BCUT2D eigenvalue weighted by molar-refractivity contribution is -0.137. The quantitative estimate of drug-likeness (QED) is 0.424. The first-order valence-electron chi connectivity index (χ1n) is 4.49. The number of esters is 1. The van der Waals surface area contributed by atoms with Gasteiger partial charge in [-0.15, -0.1) is 0 Å². The largest absolute Gasteiger partial charge is 0.491 e. The molecule has 0 saturated carbocycles. The zero-order valence-electron chi connectivity index (χ0n) is 8.89. The Balaban J connectivity index is 2.94. The zero-order valence-corrected chi connectivity index (χ0v) is 11.0. The van der Waals surface area contributed by atoms with E-state index < -0.39 is 0 Å². The van der Waals surface area contributed by atoms with Crippen molar-refractivity contribution in [2.45, 2.75) is 36.7 Å². The van der Waals surface area contributed by atoms with Gasteiger partial charge in [0, 0.05) is 0 Å². The van der Waals surface area contributed by atoms with E-state index in [1.54, 1.807) is 0 Å². The maximum absolute atomic E-state index is 11.4. The Morgan fingerprint density at radius 1 is 1.64 bits per heavy atom. The van der Waals surface area contributed by atoms with Crippen molar-refractivity contribution < 1.29 is 14.3 Å². The predicted octanol–water partition coefficient (Wildman–Crippen LogP) is 2.44. The van der Waals surface area contributed by atoms with Crippen LogP contribution in [0.2, 0.25) is 0 Å². The second-order valence-electron chi connectivity index (χ2n) is 3.90. The third-order valence-corrected chi connectivity index (χ3v) is 4.35. The summed E-state index contributed by atoms with van der Waals surface area (Å²) in [6.07, 6.45) is 0.714. The second-order valence-corrected chi connectivity index (χ2v) is 5.41. The van der Waals surface area contributed by atoms with E-state index in [9.17, 15) is 4.79 Å². The van der Waals surface area contributed by atoms with Gasteiger partial charge in [0.15, 0.2) is 0 Å². The van der Waals surface area contributed by atoms with Gasteiger partial charge >= 0.3 is 5.97 Å². The van der Waals surface area contributed by atoms with E-state index in [4.69, 9.17) is 9.47 Å². The summed E-state index contributed by atoms with van der Waals surface area (Å²) in [7, 11) is 1.39. The molecule has 1 rings (SSSR count). The summed E-state index contributed by atoms with van der Waals surface area (Å²) < 4.78 is 10.7. The summed E-state index contributed by atoms with van der Waals surface area (Å²) in [6.45, 7) is 5.87. The van der Waals surface area contributed by atoms with Gasteiger partial charge in [0.25, 0.3) is 0 Å². The molecular weight excluding hydrogens is 295 g/mol. The van der Waals surface area contributed by atoms with E-state index >= 15 is 0 Å². The Hall–Kier alpha value is -0.260. The molecule has 0 radical (unpaired) electrons. The van der Waals surface area contributed by atoms with Crippen LogP contribution in [0.25, 0.3) is 0 Å². The van der Waals surface area contributed by atoms with Crippen molar-refractivity contribution in [1.29, 1.82) is 0 Å². The van der Waals surface area contributed by atoms with Crippen LogP contribution in [0.5, 0.6) is 0 Å². The van der Waals surface area contributed by atoms with Gasteiger partial charge in [-0.05, 0) is 27.2 Å². The van der Waals surface area contributed by atoms with Gasteiger partial charge in [-0.2, -0.15) is 0 Å². The van der Waals surface area contributed by atoms with Crippen LogP contribution in [0, 0.1) is 0 Å². The van der Waals surface area contributed by atoms with E-state index in [2.05, 4.69) is 22.6 Å². The highest BCUT2D eigenvalue weighted by Gasteiger charge is 2.37. The maximum atomic E-state index is 11.4. The first kappa shape index (κ1) is 11.8. The average Bonchev–Trinajstić information content (AvgIpc) is 2.09. The third-order valence-electron chi connectivity index (χ3n) is 2.41. The average molecular weight is 310 g/mol. The Kier molecular flexibility index (Phi) is 3.44. The van der Waals surface area contributed by atoms with Gasteiger partial charge < -0.3 is 9.47 Å². The molecule has 0 bridgehead atoms. The lowest BCUT2D eigenvalue weighted by atomic mass is 9.94. The molecule has 0 saturated heterocycles. The van der Waals surface area contributed by atoms with Crippen molar-refractivity contribution in [1.82, 2.24) is 0 Å². The van der Waals surface area contributed by atoms with Crippen LogP contribution in [0.3, 0.4) is 0 Å². The number of rotatable bonds is 1. The first-order valence-corrected chi connectivity index (χ1v) is 5.74. The van der Waals surface area contributed by atoms with Crippen LogP contribution in [0.4, 0.5) is 0 Å². The van der Waals surface area contributed by atoms with Gasteiger partial charge in [0.2, 0.25) is 0 Å². The Morgan fingerprint density at radius 3 is 2.71 bits per heavy atom. The molecule has 14 heavy (non-hydrogen) atoms. The van der Waals surface area contributed by atoms with Gasteiger partial charge in [-0.25, -0.2) is 4.79 Å². The van der Waals surface area contributed by atoms with Gasteiger partial charge in [0.05, 0.1) is 16.6 Å². The number of ether oxygens (including phenoxy) is 2. The van der Waals surface area contributed by atoms with Crippen LogP contribution in [-0.2, 0) is 14.3 Å². The SMILES string of the molecule is COC(=O)C1=C(C)OC(C)(C)C(I)C1. The molecule has 0 aromatic carbocycles. The van der Waals surface area contributed by atoms with Crippen molar-refractivity contribution >= 4 is 28.6 Å². The van der Waals surface area contributed by atoms with Crippen LogP contribution in [0.1, 0.15) is 27.2 Å². The number of allylic oxidation sites excluding steroid dienone is 1. The van der Waals surface area contributed by atoms with Crippen molar-refractivity contribution in [2.24, 2.45) is 0 Å². The molecule has 4 heteroatoms. The predicted molar refractivity (Wildman–Crippen MR) is 62.3 cm³/mol. The fourth-order valence-corrected chi connectivity index (χ4v) is 2.01. The standard InChI is InChI=1S/C10H15IO3/c1-6-7(9(12)13-4)5-8(11)10(2,3)14-6/h8H,5H2,1-4H3. The van der Waals surface area contributed by atoms with E-state index in [-0.39, 0.29) is 15.5 Å². The topological polar surface area (TPSA) is 35.5 Å². The van der Waals surface area contributed by atoms with E-state index in [1.807, 2.05) is 20.8 Å². The van der Waals surface area contributed by atoms with Crippen molar-refractivity contribution in [3.8, 4) is 0 Å². The second kappa shape index (κ2) is 4.08. The van der Waals surface area contributed by atoms with Gasteiger partial charge in [0.1, 0.15) is 11.4 Å². The Morgan fingerprint density at radius 2 is 2.21 bits per heavy atom. The normalized spacial score (nSPS) is 25.6. The molecule has 0 aromatic heterocycles. The monoisotopic (exact) mass is 310 g/mol. The number of carbonyl (C=O) groups excluding carboxylic acids is 1. The molecule has 3 nitrogen and oxygen atoms in total. The van der Waals surface area contributed by atoms with E-state index in [0.29, 0.717) is 17.8 Å². The smallest absolute Gasteiger partial charge is 0.337 e. The molecule has 0 aliphatic carbocycles. The number of alkyl halides is 1. The maximum Gasteiger partial charge on any atom is 0.337 e. The highest BCUT2D eigenvalue weighted by atomic mass is 127. The van der Waals surface area contributed by atoms with E-state index in [0.717, 1.165) is 0 Å². The first-order chi connectivity index (χ1) is 6.38. The summed E-state index contributed by atoms with van der Waals surface area (Å²) in [5.74, 6) is 0.412. The lowest BCUT2D eigenvalue weighted by Gasteiger charge is -2.36. The fourth-order valence-electron chi connectivity index (χ4n) is 1.44. The zero-order chi connectivity index (χ0) is 10.9. The molecule has 1 unspecified atom stereocenters. The summed E-state index contributed by atoms with van der Waals surface area (Å²) in [4.78, 5) is 11.4. The summed E-state index contributed by atoms with van der Waals surface area (Å²) in [5, 5.41) is 0. The Labute approximate surface area is 98.0 Å². The van der Waals surface area contributed by atoms with Crippen LogP contribution >= 0.6 is 22.6 Å².